The summed E-state index contributed by atoms with van der Waals surface area (Å²) in [5, 5.41) is 6.99. The second-order valence-electron chi connectivity index (χ2n) is 3.56. The van der Waals surface area contributed by atoms with Crippen LogP contribution in [0.25, 0.3) is 0 Å². The van der Waals surface area contributed by atoms with Gasteiger partial charge in [0.15, 0.2) is 0 Å². The first-order chi connectivity index (χ1) is 7.22. The van der Waals surface area contributed by atoms with Crippen molar-refractivity contribution in [3.05, 3.63) is 22.4 Å². The first kappa shape index (κ1) is 12.2. The summed E-state index contributed by atoms with van der Waals surface area (Å²) in [6, 6.07) is 2.14. The number of aryl methyl sites for hydroxylation is 1. The summed E-state index contributed by atoms with van der Waals surface area (Å²) in [4.78, 5) is 11.5. The van der Waals surface area contributed by atoms with Gasteiger partial charge in [-0.15, -0.1) is 0 Å². The Labute approximate surface area is 94.5 Å². The quantitative estimate of drug-likeness (QED) is 0.805. The molecule has 1 heterocycles. The molecule has 1 N–H and O–H groups in total. The molecule has 0 spiro atoms. The average molecular weight is 227 g/mol. The van der Waals surface area contributed by atoms with E-state index in [1.54, 1.807) is 18.4 Å². The van der Waals surface area contributed by atoms with Gasteiger partial charge in [-0.2, -0.15) is 11.3 Å². The Kier molecular flexibility index (Phi) is 5.36. The van der Waals surface area contributed by atoms with Gasteiger partial charge in [-0.05, 0) is 35.7 Å². The maximum Gasteiger partial charge on any atom is 0.220 e. The van der Waals surface area contributed by atoms with Crippen molar-refractivity contribution in [2.75, 3.05) is 13.7 Å². The van der Waals surface area contributed by atoms with Crippen molar-refractivity contribution in [2.45, 2.75) is 25.8 Å². The molecule has 0 aliphatic heterocycles. The highest BCUT2D eigenvalue weighted by Gasteiger charge is 2.06. The minimum Gasteiger partial charge on any atom is -0.383 e. The molecule has 0 aliphatic rings. The third-order valence-electron chi connectivity index (χ3n) is 2.04. The van der Waals surface area contributed by atoms with Gasteiger partial charge in [0.25, 0.3) is 0 Å². The summed E-state index contributed by atoms with van der Waals surface area (Å²) in [6.07, 6.45) is 1.36. The van der Waals surface area contributed by atoms with Crippen LogP contribution in [0.2, 0.25) is 0 Å². The van der Waals surface area contributed by atoms with Crippen molar-refractivity contribution in [1.82, 2.24) is 5.32 Å². The Balaban J connectivity index is 2.19. The van der Waals surface area contributed by atoms with E-state index in [1.165, 1.54) is 5.56 Å². The Morgan fingerprint density at radius 2 is 2.47 bits per heavy atom. The number of carbonyl (C=O) groups is 1. The summed E-state index contributed by atoms with van der Waals surface area (Å²) in [5.74, 6) is 0.0887. The summed E-state index contributed by atoms with van der Waals surface area (Å²) in [6.45, 7) is 2.50. The molecule has 1 atom stereocenters. The van der Waals surface area contributed by atoms with Crippen LogP contribution in [-0.4, -0.2) is 25.7 Å². The van der Waals surface area contributed by atoms with Crippen LogP contribution in [0.3, 0.4) is 0 Å². The van der Waals surface area contributed by atoms with E-state index < -0.39 is 0 Å². The minimum atomic E-state index is 0.0879. The number of nitrogens with one attached hydrogen (secondary N) is 1. The van der Waals surface area contributed by atoms with Crippen molar-refractivity contribution in [3.8, 4) is 0 Å². The number of rotatable bonds is 6. The molecule has 0 saturated carbocycles. The van der Waals surface area contributed by atoms with Gasteiger partial charge in [-0.1, -0.05) is 0 Å². The lowest BCUT2D eigenvalue weighted by atomic mass is 10.2. The summed E-state index contributed by atoms with van der Waals surface area (Å²) < 4.78 is 4.94. The van der Waals surface area contributed by atoms with Gasteiger partial charge in [0.2, 0.25) is 5.91 Å². The van der Waals surface area contributed by atoms with Crippen LogP contribution >= 0.6 is 11.3 Å². The molecule has 3 nitrogen and oxygen atoms in total. The predicted molar refractivity (Wildman–Crippen MR) is 62.1 cm³/mol. The van der Waals surface area contributed by atoms with Crippen LogP contribution in [0.5, 0.6) is 0 Å². The van der Waals surface area contributed by atoms with Crippen LogP contribution in [-0.2, 0) is 16.0 Å². The third kappa shape index (κ3) is 4.95. The number of amides is 1. The number of methoxy groups -OCH3 is 1. The molecular formula is C11H17NO2S. The van der Waals surface area contributed by atoms with Gasteiger partial charge >= 0.3 is 0 Å². The first-order valence-corrected chi connectivity index (χ1v) is 5.96. The molecule has 84 valence electrons. The molecule has 1 aromatic heterocycles. The summed E-state index contributed by atoms with van der Waals surface area (Å²) >= 11 is 1.66. The number of thiophene rings is 1. The second kappa shape index (κ2) is 6.58. The molecule has 0 radical (unpaired) electrons. The molecule has 4 heteroatoms. The highest BCUT2D eigenvalue weighted by molar-refractivity contribution is 7.07. The van der Waals surface area contributed by atoms with E-state index >= 15 is 0 Å². The van der Waals surface area contributed by atoms with E-state index in [1.807, 2.05) is 12.3 Å². The Bertz CT molecular complexity index is 285. The normalized spacial score (nSPS) is 12.4. The lowest BCUT2D eigenvalue weighted by molar-refractivity contribution is -0.122. The lowest BCUT2D eigenvalue weighted by Gasteiger charge is -2.12. The fourth-order valence-corrected chi connectivity index (χ4v) is 2.03. The predicted octanol–water partition coefficient (Wildman–Crippen LogP) is 1.83. The number of carbonyl (C=O) groups excluding carboxylic acids is 1. The molecule has 0 bridgehead atoms. The van der Waals surface area contributed by atoms with Gasteiger partial charge in [0.05, 0.1) is 6.61 Å². The van der Waals surface area contributed by atoms with E-state index in [4.69, 9.17) is 4.74 Å². The van der Waals surface area contributed by atoms with Crippen LogP contribution in [0, 0.1) is 0 Å². The van der Waals surface area contributed by atoms with Crippen molar-refractivity contribution < 1.29 is 9.53 Å². The smallest absolute Gasteiger partial charge is 0.220 e. The molecule has 1 rings (SSSR count). The zero-order chi connectivity index (χ0) is 11.1. The molecule has 1 amide bonds. The van der Waals surface area contributed by atoms with Crippen LogP contribution < -0.4 is 5.32 Å². The molecule has 1 unspecified atom stereocenters. The molecular weight excluding hydrogens is 210 g/mol. The van der Waals surface area contributed by atoms with Crippen LogP contribution in [0.15, 0.2) is 16.8 Å². The molecule has 0 aromatic carbocycles. The van der Waals surface area contributed by atoms with Crippen LogP contribution in [0.1, 0.15) is 18.9 Å². The second-order valence-corrected chi connectivity index (χ2v) is 4.34. The zero-order valence-electron chi connectivity index (χ0n) is 9.16. The Morgan fingerprint density at radius 3 is 3.07 bits per heavy atom. The zero-order valence-corrected chi connectivity index (χ0v) is 9.97. The molecule has 0 aliphatic carbocycles. The van der Waals surface area contributed by atoms with E-state index in [0.29, 0.717) is 13.0 Å². The monoisotopic (exact) mass is 227 g/mol. The fourth-order valence-electron chi connectivity index (χ4n) is 1.33. The topological polar surface area (TPSA) is 38.3 Å². The van der Waals surface area contributed by atoms with Crippen molar-refractivity contribution in [1.29, 1.82) is 0 Å². The lowest BCUT2D eigenvalue weighted by Crippen LogP contribution is -2.35. The van der Waals surface area contributed by atoms with E-state index in [-0.39, 0.29) is 11.9 Å². The molecule has 15 heavy (non-hydrogen) atoms. The minimum absolute atomic E-state index is 0.0879. The third-order valence-corrected chi connectivity index (χ3v) is 2.78. The van der Waals surface area contributed by atoms with Crippen molar-refractivity contribution in [3.63, 3.8) is 0 Å². The molecule has 0 fully saturated rings. The van der Waals surface area contributed by atoms with E-state index in [0.717, 1.165) is 6.42 Å². The van der Waals surface area contributed by atoms with Crippen molar-refractivity contribution in [2.24, 2.45) is 0 Å². The SMILES string of the molecule is COCC(C)NC(=O)CCc1ccsc1. The number of hydrogen-bond acceptors (Lipinski definition) is 3. The fraction of sp³-hybridized carbons (Fsp3) is 0.545. The maximum atomic E-state index is 11.5. The number of ether oxygens (including phenoxy) is 1. The Hall–Kier alpha value is -0.870. The van der Waals surface area contributed by atoms with Crippen molar-refractivity contribution >= 4 is 17.2 Å². The van der Waals surface area contributed by atoms with Gasteiger partial charge in [0, 0.05) is 19.6 Å². The van der Waals surface area contributed by atoms with Crippen LogP contribution in [0.4, 0.5) is 0 Å². The summed E-state index contributed by atoms with van der Waals surface area (Å²) in [7, 11) is 1.63. The number of hydrogen-bond donors (Lipinski definition) is 1. The molecule has 0 saturated heterocycles. The standard InChI is InChI=1S/C11H17NO2S/c1-9(7-14-2)12-11(13)4-3-10-5-6-15-8-10/h5-6,8-9H,3-4,7H2,1-2H3,(H,12,13). The maximum absolute atomic E-state index is 11.5. The largest absolute Gasteiger partial charge is 0.383 e. The van der Waals surface area contributed by atoms with E-state index in [2.05, 4.69) is 16.8 Å². The first-order valence-electron chi connectivity index (χ1n) is 5.01. The highest BCUT2D eigenvalue weighted by Crippen LogP contribution is 2.08. The van der Waals surface area contributed by atoms with Gasteiger partial charge < -0.3 is 10.1 Å². The van der Waals surface area contributed by atoms with Gasteiger partial charge in [-0.3, -0.25) is 4.79 Å². The average Bonchev–Trinajstić information content (AvgIpc) is 2.67. The van der Waals surface area contributed by atoms with E-state index in [9.17, 15) is 4.79 Å². The summed E-state index contributed by atoms with van der Waals surface area (Å²) in [5.41, 5.74) is 1.23. The highest BCUT2D eigenvalue weighted by atomic mass is 32.1. The Morgan fingerprint density at radius 1 is 1.67 bits per heavy atom. The molecule has 1 aromatic rings. The van der Waals surface area contributed by atoms with Gasteiger partial charge in [0.1, 0.15) is 0 Å². The van der Waals surface area contributed by atoms with Gasteiger partial charge in [-0.25, -0.2) is 0 Å².